The van der Waals surface area contributed by atoms with E-state index >= 15 is 0 Å². The van der Waals surface area contributed by atoms with E-state index in [0.717, 1.165) is 25.7 Å². The van der Waals surface area contributed by atoms with Crippen LogP contribution in [0.1, 0.15) is 65.2 Å². The molecule has 0 spiro atoms. The number of benzene rings is 2. The van der Waals surface area contributed by atoms with Crippen molar-refractivity contribution in [2.45, 2.75) is 65.2 Å². The van der Waals surface area contributed by atoms with Crippen molar-refractivity contribution in [3.05, 3.63) is 36.4 Å². The number of rotatable bonds is 14. The normalized spacial score (nSPS) is 10.7. The number of hydrogen-bond acceptors (Lipinski definition) is 5. The molecular weight excluding hydrogens is 368 g/mol. The van der Waals surface area contributed by atoms with Gasteiger partial charge in [-0.2, -0.15) is 0 Å². The standard InChI is InChI=1S/C24H34O5/c1-3-5-7-9-15-27-23-17-19(25)11-13-21(23)29-22-14-12-20(26)18-24(22)28-16-10-8-6-4-2/h11-14,17-18,25-26H,3-10,15-16H2,1-2H3. The molecule has 29 heavy (non-hydrogen) atoms. The maximum Gasteiger partial charge on any atom is 0.169 e. The molecule has 5 heteroatoms. The predicted molar refractivity (Wildman–Crippen MR) is 116 cm³/mol. The van der Waals surface area contributed by atoms with E-state index < -0.39 is 0 Å². The number of aromatic hydroxyl groups is 2. The molecule has 0 bridgehead atoms. The molecule has 0 heterocycles. The van der Waals surface area contributed by atoms with Crippen molar-refractivity contribution in [3.8, 4) is 34.5 Å². The highest BCUT2D eigenvalue weighted by Crippen LogP contribution is 2.39. The lowest BCUT2D eigenvalue weighted by Crippen LogP contribution is -2.01. The molecule has 0 aromatic heterocycles. The van der Waals surface area contributed by atoms with Gasteiger partial charge in [-0.3, -0.25) is 0 Å². The van der Waals surface area contributed by atoms with Crippen LogP contribution >= 0.6 is 0 Å². The van der Waals surface area contributed by atoms with Crippen LogP contribution in [-0.4, -0.2) is 23.4 Å². The van der Waals surface area contributed by atoms with Crippen LogP contribution in [0.3, 0.4) is 0 Å². The quantitative estimate of drug-likeness (QED) is 0.340. The van der Waals surface area contributed by atoms with E-state index in [1.165, 1.54) is 25.7 Å². The number of phenolic OH excluding ortho intramolecular Hbond substituents is 2. The zero-order valence-corrected chi connectivity index (χ0v) is 17.7. The smallest absolute Gasteiger partial charge is 0.169 e. The summed E-state index contributed by atoms with van der Waals surface area (Å²) in [6.45, 7) is 5.47. The molecule has 2 aromatic carbocycles. The molecule has 2 aromatic rings. The Kier molecular flexibility index (Phi) is 10.0. The Morgan fingerprint density at radius 3 is 1.45 bits per heavy atom. The highest BCUT2D eigenvalue weighted by molar-refractivity contribution is 5.51. The molecule has 0 aliphatic carbocycles. The monoisotopic (exact) mass is 402 g/mol. The molecule has 2 rings (SSSR count). The molecule has 0 atom stereocenters. The molecule has 0 amide bonds. The molecular formula is C24H34O5. The van der Waals surface area contributed by atoms with Crippen molar-refractivity contribution in [3.63, 3.8) is 0 Å². The predicted octanol–water partition coefficient (Wildman–Crippen LogP) is 6.81. The van der Waals surface area contributed by atoms with Gasteiger partial charge < -0.3 is 24.4 Å². The molecule has 0 saturated heterocycles. The Bertz CT molecular complexity index is 668. The van der Waals surface area contributed by atoms with E-state index in [-0.39, 0.29) is 11.5 Å². The molecule has 0 unspecified atom stereocenters. The molecule has 0 saturated carbocycles. The molecule has 0 radical (unpaired) electrons. The fourth-order valence-corrected chi connectivity index (χ4v) is 2.93. The summed E-state index contributed by atoms with van der Waals surface area (Å²) in [5.74, 6) is 2.23. The van der Waals surface area contributed by atoms with Gasteiger partial charge in [-0.15, -0.1) is 0 Å². The van der Waals surface area contributed by atoms with E-state index in [9.17, 15) is 10.2 Å². The van der Waals surface area contributed by atoms with Crippen LogP contribution in [0, 0.1) is 0 Å². The summed E-state index contributed by atoms with van der Waals surface area (Å²) in [7, 11) is 0. The Labute approximate surface area is 174 Å². The molecule has 0 fully saturated rings. The number of unbranched alkanes of at least 4 members (excludes halogenated alkanes) is 6. The van der Waals surface area contributed by atoms with E-state index in [4.69, 9.17) is 14.2 Å². The van der Waals surface area contributed by atoms with Crippen molar-refractivity contribution >= 4 is 0 Å². The lowest BCUT2D eigenvalue weighted by molar-refractivity contribution is 0.277. The van der Waals surface area contributed by atoms with E-state index in [2.05, 4.69) is 13.8 Å². The molecule has 5 nitrogen and oxygen atoms in total. The zero-order valence-electron chi connectivity index (χ0n) is 17.7. The minimum absolute atomic E-state index is 0.124. The summed E-state index contributed by atoms with van der Waals surface area (Å²) in [4.78, 5) is 0. The summed E-state index contributed by atoms with van der Waals surface area (Å²) in [5, 5.41) is 19.7. The minimum atomic E-state index is 0.124. The van der Waals surface area contributed by atoms with Crippen LogP contribution < -0.4 is 14.2 Å². The topological polar surface area (TPSA) is 68.2 Å². The Balaban J connectivity index is 2.06. The second-order valence-electron chi connectivity index (χ2n) is 7.18. The fraction of sp³-hybridized carbons (Fsp3) is 0.500. The fourth-order valence-electron chi connectivity index (χ4n) is 2.93. The first-order valence-corrected chi connectivity index (χ1v) is 10.7. The van der Waals surface area contributed by atoms with Gasteiger partial charge in [-0.25, -0.2) is 0 Å². The zero-order chi connectivity index (χ0) is 20.9. The van der Waals surface area contributed by atoms with E-state index in [1.54, 1.807) is 36.4 Å². The van der Waals surface area contributed by atoms with Gasteiger partial charge in [0, 0.05) is 12.1 Å². The van der Waals surface area contributed by atoms with Crippen molar-refractivity contribution in [1.82, 2.24) is 0 Å². The average Bonchev–Trinajstić information content (AvgIpc) is 2.71. The summed E-state index contributed by atoms with van der Waals surface area (Å²) in [6, 6.07) is 9.58. The number of ether oxygens (including phenoxy) is 3. The second kappa shape index (κ2) is 12.8. The van der Waals surface area contributed by atoms with Crippen LogP contribution in [0.15, 0.2) is 36.4 Å². The third kappa shape index (κ3) is 8.14. The summed E-state index contributed by atoms with van der Waals surface area (Å²) < 4.78 is 17.7. The Morgan fingerprint density at radius 2 is 1.03 bits per heavy atom. The van der Waals surface area contributed by atoms with Crippen molar-refractivity contribution in [1.29, 1.82) is 0 Å². The largest absolute Gasteiger partial charge is 0.508 e. The van der Waals surface area contributed by atoms with Crippen molar-refractivity contribution in [2.24, 2.45) is 0 Å². The van der Waals surface area contributed by atoms with Gasteiger partial charge in [-0.05, 0) is 37.1 Å². The molecule has 2 N–H and O–H groups in total. The minimum Gasteiger partial charge on any atom is -0.508 e. The lowest BCUT2D eigenvalue weighted by atomic mass is 10.2. The average molecular weight is 403 g/mol. The van der Waals surface area contributed by atoms with E-state index in [1.807, 2.05) is 0 Å². The summed E-state index contributed by atoms with van der Waals surface area (Å²) in [5.41, 5.74) is 0. The highest BCUT2D eigenvalue weighted by Gasteiger charge is 2.13. The summed E-state index contributed by atoms with van der Waals surface area (Å²) in [6.07, 6.45) is 8.82. The van der Waals surface area contributed by atoms with Crippen LogP contribution in [0.5, 0.6) is 34.5 Å². The first kappa shape index (κ1) is 22.7. The van der Waals surface area contributed by atoms with Crippen LogP contribution in [0.4, 0.5) is 0 Å². The maximum absolute atomic E-state index is 9.83. The first-order chi connectivity index (χ1) is 14.1. The van der Waals surface area contributed by atoms with E-state index in [0.29, 0.717) is 36.2 Å². The van der Waals surface area contributed by atoms with Crippen molar-refractivity contribution < 1.29 is 24.4 Å². The first-order valence-electron chi connectivity index (χ1n) is 10.7. The molecule has 0 aliphatic rings. The van der Waals surface area contributed by atoms with Crippen LogP contribution in [0.25, 0.3) is 0 Å². The van der Waals surface area contributed by atoms with Gasteiger partial charge in [0.2, 0.25) is 0 Å². The van der Waals surface area contributed by atoms with Gasteiger partial charge in [-0.1, -0.05) is 52.4 Å². The molecule has 160 valence electrons. The number of hydrogen-bond donors (Lipinski definition) is 2. The van der Waals surface area contributed by atoms with Crippen LogP contribution in [-0.2, 0) is 0 Å². The van der Waals surface area contributed by atoms with Crippen molar-refractivity contribution in [2.75, 3.05) is 13.2 Å². The van der Waals surface area contributed by atoms with Gasteiger partial charge in [0.25, 0.3) is 0 Å². The Hall–Kier alpha value is -2.56. The lowest BCUT2D eigenvalue weighted by Gasteiger charge is -2.16. The SMILES string of the molecule is CCCCCCOc1cc(O)ccc1Oc1ccc(O)cc1OCCCCCC. The van der Waals surface area contributed by atoms with Gasteiger partial charge in [0.15, 0.2) is 23.0 Å². The highest BCUT2D eigenvalue weighted by atomic mass is 16.5. The van der Waals surface area contributed by atoms with Gasteiger partial charge >= 0.3 is 0 Å². The number of phenols is 2. The Morgan fingerprint density at radius 1 is 0.586 bits per heavy atom. The molecule has 0 aliphatic heterocycles. The van der Waals surface area contributed by atoms with Gasteiger partial charge in [0.1, 0.15) is 11.5 Å². The third-order valence-electron chi connectivity index (χ3n) is 4.59. The summed E-state index contributed by atoms with van der Waals surface area (Å²) >= 11 is 0. The third-order valence-corrected chi connectivity index (χ3v) is 4.59. The maximum atomic E-state index is 9.83. The van der Waals surface area contributed by atoms with Gasteiger partial charge in [0.05, 0.1) is 13.2 Å². The van der Waals surface area contributed by atoms with Crippen LogP contribution in [0.2, 0.25) is 0 Å². The second-order valence-corrected chi connectivity index (χ2v) is 7.18.